The maximum absolute atomic E-state index is 6.75. The fraction of sp³-hybridized carbons (Fsp3) is 0.294. The molecule has 0 radical (unpaired) electrons. The SMILES string of the molecule is Cc1cc(C)c(C(Cl)c2cccc(Br)c2C)c(C)c1. The van der Waals surface area contributed by atoms with Crippen molar-refractivity contribution in [2.45, 2.75) is 33.1 Å². The third kappa shape index (κ3) is 2.88. The standard InChI is InChI=1S/C17H18BrCl/c1-10-8-11(2)16(12(3)9-10)17(19)14-6-5-7-15(18)13(14)4/h5-9,17H,1-4H3. The summed E-state index contributed by atoms with van der Waals surface area (Å²) >= 11 is 10.3. The van der Waals surface area contributed by atoms with E-state index in [-0.39, 0.29) is 5.38 Å². The van der Waals surface area contributed by atoms with E-state index in [2.05, 4.69) is 67.9 Å². The second-order valence-corrected chi connectivity index (χ2v) is 6.42. The minimum absolute atomic E-state index is 0.0990. The van der Waals surface area contributed by atoms with Gasteiger partial charge in [0.1, 0.15) is 0 Å². The van der Waals surface area contributed by atoms with Crippen molar-refractivity contribution in [3.63, 3.8) is 0 Å². The lowest BCUT2D eigenvalue weighted by atomic mass is 9.92. The minimum Gasteiger partial charge on any atom is -0.113 e. The maximum Gasteiger partial charge on any atom is 0.0843 e. The normalized spacial score (nSPS) is 12.5. The molecule has 0 N–H and O–H groups in total. The summed E-state index contributed by atoms with van der Waals surface area (Å²) < 4.78 is 1.11. The third-order valence-electron chi connectivity index (χ3n) is 3.57. The van der Waals surface area contributed by atoms with Crippen molar-refractivity contribution >= 4 is 27.5 Å². The molecule has 0 aromatic heterocycles. The Balaban J connectivity index is 2.56. The predicted molar refractivity (Wildman–Crippen MR) is 87.2 cm³/mol. The number of hydrogen-bond acceptors (Lipinski definition) is 0. The molecule has 0 aliphatic carbocycles. The first-order valence-corrected chi connectivity index (χ1v) is 7.61. The molecule has 0 heterocycles. The highest BCUT2D eigenvalue weighted by atomic mass is 79.9. The first-order chi connectivity index (χ1) is 8.91. The van der Waals surface area contributed by atoms with E-state index < -0.39 is 0 Å². The van der Waals surface area contributed by atoms with Crippen molar-refractivity contribution in [2.24, 2.45) is 0 Å². The van der Waals surface area contributed by atoms with Crippen molar-refractivity contribution in [1.82, 2.24) is 0 Å². The average Bonchev–Trinajstić information content (AvgIpc) is 2.31. The van der Waals surface area contributed by atoms with Gasteiger partial charge in [-0.1, -0.05) is 45.8 Å². The van der Waals surface area contributed by atoms with Crippen LogP contribution in [0.2, 0.25) is 0 Å². The van der Waals surface area contributed by atoms with E-state index in [1.54, 1.807) is 0 Å². The highest BCUT2D eigenvalue weighted by Gasteiger charge is 2.18. The molecule has 1 atom stereocenters. The van der Waals surface area contributed by atoms with Gasteiger partial charge >= 0.3 is 0 Å². The zero-order valence-electron chi connectivity index (χ0n) is 11.7. The van der Waals surface area contributed by atoms with E-state index in [0.29, 0.717) is 0 Å². The highest BCUT2D eigenvalue weighted by Crippen LogP contribution is 2.37. The maximum atomic E-state index is 6.75. The lowest BCUT2D eigenvalue weighted by molar-refractivity contribution is 1.05. The van der Waals surface area contributed by atoms with Crippen LogP contribution < -0.4 is 0 Å². The summed E-state index contributed by atoms with van der Waals surface area (Å²) in [7, 11) is 0. The van der Waals surface area contributed by atoms with Crippen LogP contribution in [-0.2, 0) is 0 Å². The fourth-order valence-electron chi connectivity index (χ4n) is 2.65. The Hall–Kier alpha value is -0.790. The Morgan fingerprint density at radius 3 is 2.16 bits per heavy atom. The molecule has 1 unspecified atom stereocenters. The van der Waals surface area contributed by atoms with E-state index in [9.17, 15) is 0 Å². The van der Waals surface area contributed by atoms with Crippen LogP contribution in [0.1, 0.15) is 38.8 Å². The monoisotopic (exact) mass is 336 g/mol. The second kappa shape index (κ2) is 5.68. The summed E-state index contributed by atoms with van der Waals surface area (Å²) in [5.41, 5.74) is 7.42. The molecule has 0 spiro atoms. The zero-order chi connectivity index (χ0) is 14.2. The number of benzene rings is 2. The molecule has 100 valence electrons. The fourth-order valence-corrected chi connectivity index (χ4v) is 3.61. The van der Waals surface area contributed by atoms with E-state index in [4.69, 9.17) is 11.6 Å². The molecule has 0 amide bonds. The summed E-state index contributed by atoms with van der Waals surface area (Å²) in [6.45, 7) is 8.50. The number of aryl methyl sites for hydroxylation is 3. The molecule has 19 heavy (non-hydrogen) atoms. The van der Waals surface area contributed by atoms with E-state index in [0.717, 1.165) is 4.47 Å². The van der Waals surface area contributed by atoms with Crippen LogP contribution in [0.5, 0.6) is 0 Å². The van der Waals surface area contributed by atoms with Crippen molar-refractivity contribution in [1.29, 1.82) is 0 Å². The van der Waals surface area contributed by atoms with Gasteiger partial charge in [0.15, 0.2) is 0 Å². The number of alkyl halides is 1. The molecular weight excluding hydrogens is 320 g/mol. The van der Waals surface area contributed by atoms with Crippen LogP contribution in [0.4, 0.5) is 0 Å². The molecule has 2 rings (SSSR count). The van der Waals surface area contributed by atoms with Gasteiger partial charge in [0.25, 0.3) is 0 Å². The van der Waals surface area contributed by atoms with Crippen molar-refractivity contribution < 1.29 is 0 Å². The molecule has 0 aliphatic rings. The van der Waals surface area contributed by atoms with Gasteiger partial charge in [0.05, 0.1) is 5.38 Å². The van der Waals surface area contributed by atoms with Gasteiger partial charge in [-0.25, -0.2) is 0 Å². The van der Waals surface area contributed by atoms with Gasteiger partial charge in [-0.2, -0.15) is 0 Å². The summed E-state index contributed by atoms with van der Waals surface area (Å²) in [6.07, 6.45) is 0. The lowest BCUT2D eigenvalue weighted by Gasteiger charge is -2.19. The van der Waals surface area contributed by atoms with Crippen molar-refractivity contribution in [3.05, 3.63) is 68.2 Å². The summed E-state index contributed by atoms with van der Waals surface area (Å²) in [5, 5.41) is -0.0990. The van der Waals surface area contributed by atoms with Gasteiger partial charge in [-0.05, 0) is 61.6 Å². The lowest BCUT2D eigenvalue weighted by Crippen LogP contribution is -2.02. The van der Waals surface area contributed by atoms with Crippen LogP contribution in [0.3, 0.4) is 0 Å². The van der Waals surface area contributed by atoms with Crippen LogP contribution in [0.25, 0.3) is 0 Å². The summed E-state index contributed by atoms with van der Waals surface area (Å²) in [6, 6.07) is 10.6. The van der Waals surface area contributed by atoms with Crippen LogP contribution in [0.15, 0.2) is 34.8 Å². The molecule has 0 saturated carbocycles. The Morgan fingerprint density at radius 1 is 1.00 bits per heavy atom. The van der Waals surface area contributed by atoms with Gasteiger partial charge in [0, 0.05) is 4.47 Å². The number of hydrogen-bond donors (Lipinski definition) is 0. The van der Waals surface area contributed by atoms with E-state index in [1.165, 1.54) is 33.4 Å². The minimum atomic E-state index is -0.0990. The Morgan fingerprint density at radius 2 is 1.58 bits per heavy atom. The highest BCUT2D eigenvalue weighted by molar-refractivity contribution is 9.10. The summed E-state index contributed by atoms with van der Waals surface area (Å²) in [5.74, 6) is 0. The molecule has 2 aromatic rings. The van der Waals surface area contributed by atoms with Crippen LogP contribution in [0, 0.1) is 27.7 Å². The summed E-state index contributed by atoms with van der Waals surface area (Å²) in [4.78, 5) is 0. The van der Waals surface area contributed by atoms with Crippen molar-refractivity contribution in [2.75, 3.05) is 0 Å². The second-order valence-electron chi connectivity index (χ2n) is 5.13. The molecule has 0 aliphatic heterocycles. The molecule has 0 fully saturated rings. The molecule has 0 bridgehead atoms. The van der Waals surface area contributed by atoms with Gasteiger partial charge in [-0.3, -0.25) is 0 Å². The van der Waals surface area contributed by atoms with Crippen molar-refractivity contribution in [3.8, 4) is 0 Å². The predicted octanol–water partition coefficient (Wildman–Crippen LogP) is 6.01. The molecule has 2 aromatic carbocycles. The van der Waals surface area contributed by atoms with Gasteiger partial charge in [-0.15, -0.1) is 11.6 Å². The molecule has 0 nitrogen and oxygen atoms in total. The van der Waals surface area contributed by atoms with Crippen LogP contribution >= 0.6 is 27.5 Å². The molecular formula is C17H18BrCl. The van der Waals surface area contributed by atoms with E-state index >= 15 is 0 Å². The van der Waals surface area contributed by atoms with Gasteiger partial charge < -0.3 is 0 Å². The Labute approximate surface area is 128 Å². The molecule has 2 heteroatoms. The zero-order valence-corrected chi connectivity index (χ0v) is 14.1. The topological polar surface area (TPSA) is 0 Å². The number of rotatable bonds is 2. The van der Waals surface area contributed by atoms with Crippen LogP contribution in [-0.4, -0.2) is 0 Å². The quantitative estimate of drug-likeness (QED) is 0.589. The smallest absolute Gasteiger partial charge is 0.0843 e. The number of halogens is 2. The third-order valence-corrected chi connectivity index (χ3v) is 4.89. The first kappa shape index (κ1) is 14.6. The Bertz CT molecular complexity index is 594. The van der Waals surface area contributed by atoms with Gasteiger partial charge in [0.2, 0.25) is 0 Å². The largest absolute Gasteiger partial charge is 0.113 e. The average molecular weight is 338 g/mol. The Kier molecular flexibility index (Phi) is 4.37. The molecule has 0 saturated heterocycles. The van der Waals surface area contributed by atoms with E-state index in [1.807, 2.05) is 6.07 Å². The first-order valence-electron chi connectivity index (χ1n) is 6.38.